The number of halogens is 2. The molecule has 0 aromatic carbocycles. The zero-order valence-electron chi connectivity index (χ0n) is 6.91. The molecule has 0 amide bonds. The Balaban J connectivity index is 2.82. The molecule has 0 unspecified atom stereocenters. The van der Waals surface area contributed by atoms with E-state index >= 15 is 0 Å². The summed E-state index contributed by atoms with van der Waals surface area (Å²) in [5.41, 5.74) is 1.45. The molecule has 0 spiro atoms. The van der Waals surface area contributed by atoms with Gasteiger partial charge in [-0.2, -0.15) is 10.4 Å². The van der Waals surface area contributed by atoms with Gasteiger partial charge >= 0.3 is 0 Å². The van der Waals surface area contributed by atoms with E-state index in [1.54, 1.807) is 6.07 Å². The molecule has 2 aromatic rings. The number of aromatic nitrogens is 3. The van der Waals surface area contributed by atoms with Crippen molar-refractivity contribution in [1.29, 1.82) is 5.26 Å². The van der Waals surface area contributed by atoms with Crippen molar-refractivity contribution in [2.24, 2.45) is 0 Å². The molecule has 0 saturated heterocycles. The van der Waals surface area contributed by atoms with Crippen LogP contribution < -0.4 is 0 Å². The van der Waals surface area contributed by atoms with Crippen LogP contribution >= 0.6 is 23.2 Å². The maximum atomic E-state index is 8.76. The normalized spacial score (nSPS) is 10.4. The van der Waals surface area contributed by atoms with E-state index < -0.39 is 0 Å². The number of nitrogens with zero attached hydrogens (tertiary/aromatic N) is 4. The van der Waals surface area contributed by atoms with Gasteiger partial charge in [-0.25, -0.2) is 9.50 Å². The van der Waals surface area contributed by atoms with Gasteiger partial charge in [-0.3, -0.25) is 0 Å². The first-order valence-corrected chi connectivity index (χ1v) is 4.66. The predicted octanol–water partition coefficient (Wildman–Crippen LogP) is 1.99. The van der Waals surface area contributed by atoms with E-state index in [1.165, 1.54) is 10.7 Å². The van der Waals surface area contributed by atoms with Crippen molar-refractivity contribution in [3.05, 3.63) is 28.7 Å². The van der Waals surface area contributed by atoms with E-state index in [1.807, 2.05) is 6.07 Å². The second-order valence-corrected chi connectivity index (χ2v) is 3.26. The molecule has 2 aromatic heterocycles. The molecular formula is C8H4Cl2N4. The highest BCUT2D eigenvalue weighted by atomic mass is 35.5. The fourth-order valence-corrected chi connectivity index (χ4v) is 1.51. The van der Waals surface area contributed by atoms with Gasteiger partial charge in [0.1, 0.15) is 16.8 Å². The van der Waals surface area contributed by atoms with Crippen molar-refractivity contribution < 1.29 is 0 Å². The van der Waals surface area contributed by atoms with Crippen LogP contribution in [0.5, 0.6) is 0 Å². The van der Waals surface area contributed by atoms with Crippen molar-refractivity contribution in [2.75, 3.05) is 0 Å². The third kappa shape index (κ3) is 1.31. The molecule has 2 rings (SSSR count). The molecule has 0 aliphatic carbocycles. The van der Waals surface area contributed by atoms with E-state index in [4.69, 9.17) is 28.5 Å². The van der Waals surface area contributed by atoms with Gasteiger partial charge in [0.15, 0.2) is 5.65 Å². The van der Waals surface area contributed by atoms with Crippen LogP contribution in [0.3, 0.4) is 0 Å². The Morgan fingerprint density at radius 1 is 1.57 bits per heavy atom. The largest absolute Gasteiger partial charge is 0.231 e. The highest BCUT2D eigenvalue weighted by Crippen LogP contribution is 2.16. The van der Waals surface area contributed by atoms with Gasteiger partial charge in [0.05, 0.1) is 17.8 Å². The van der Waals surface area contributed by atoms with Gasteiger partial charge in [-0.1, -0.05) is 11.6 Å². The van der Waals surface area contributed by atoms with Gasteiger partial charge in [0.2, 0.25) is 0 Å². The Bertz CT molecular complexity index is 526. The van der Waals surface area contributed by atoms with Crippen LogP contribution in [0.4, 0.5) is 0 Å². The van der Waals surface area contributed by atoms with E-state index in [0.29, 0.717) is 22.1 Å². The number of hydrogen-bond acceptors (Lipinski definition) is 3. The molecule has 4 nitrogen and oxygen atoms in total. The Kier molecular flexibility index (Phi) is 2.28. The van der Waals surface area contributed by atoms with Crippen molar-refractivity contribution in [3.8, 4) is 6.07 Å². The van der Waals surface area contributed by atoms with Gasteiger partial charge in [0.25, 0.3) is 0 Å². The number of alkyl halides is 1. The van der Waals surface area contributed by atoms with E-state index in [2.05, 4.69) is 10.1 Å². The fraction of sp³-hybridized carbons (Fsp3) is 0.125. The first kappa shape index (κ1) is 9.25. The van der Waals surface area contributed by atoms with Crippen molar-refractivity contribution in [2.45, 2.75) is 5.88 Å². The molecule has 0 saturated carbocycles. The van der Waals surface area contributed by atoms with Crippen LogP contribution in [-0.4, -0.2) is 14.6 Å². The molecule has 0 aliphatic rings. The fourth-order valence-electron chi connectivity index (χ4n) is 1.12. The molecule has 0 radical (unpaired) electrons. The zero-order valence-corrected chi connectivity index (χ0v) is 8.42. The summed E-state index contributed by atoms with van der Waals surface area (Å²) < 4.78 is 1.40. The Morgan fingerprint density at radius 2 is 2.36 bits per heavy atom. The summed E-state index contributed by atoms with van der Waals surface area (Å²) in [6.07, 6.45) is 1.42. The standard InChI is InChI=1S/C8H4Cl2N4/c9-2-6-1-7(10)14-8(13-6)5(3-11)4-12-14/h1,4H,2H2. The van der Waals surface area contributed by atoms with Crippen LogP contribution in [0.1, 0.15) is 11.3 Å². The number of fused-ring (bicyclic) bond motifs is 1. The molecule has 0 atom stereocenters. The number of nitriles is 1. The number of hydrogen-bond donors (Lipinski definition) is 0. The molecule has 70 valence electrons. The molecule has 0 N–H and O–H groups in total. The molecule has 0 bridgehead atoms. The second-order valence-electron chi connectivity index (χ2n) is 2.61. The minimum Gasteiger partial charge on any atom is -0.231 e. The third-order valence-corrected chi connectivity index (χ3v) is 2.28. The zero-order chi connectivity index (χ0) is 10.1. The lowest BCUT2D eigenvalue weighted by atomic mass is 10.3. The maximum Gasteiger partial charge on any atom is 0.174 e. The summed E-state index contributed by atoms with van der Waals surface area (Å²) in [5.74, 6) is 0.256. The van der Waals surface area contributed by atoms with E-state index in [-0.39, 0.29) is 5.88 Å². The van der Waals surface area contributed by atoms with E-state index in [0.717, 1.165) is 0 Å². The second kappa shape index (κ2) is 3.45. The first-order chi connectivity index (χ1) is 6.76. The predicted molar refractivity (Wildman–Crippen MR) is 52.3 cm³/mol. The maximum absolute atomic E-state index is 8.76. The molecule has 0 aliphatic heterocycles. The molecule has 14 heavy (non-hydrogen) atoms. The molecule has 0 fully saturated rings. The van der Waals surface area contributed by atoms with Gasteiger partial charge in [-0.15, -0.1) is 11.6 Å². The topological polar surface area (TPSA) is 54.0 Å². The summed E-state index contributed by atoms with van der Waals surface area (Å²) >= 11 is 11.5. The van der Waals surface area contributed by atoms with E-state index in [9.17, 15) is 0 Å². The Morgan fingerprint density at radius 3 is 3.00 bits per heavy atom. The van der Waals surface area contributed by atoms with Gasteiger partial charge in [-0.05, 0) is 6.07 Å². The minimum absolute atomic E-state index is 0.256. The van der Waals surface area contributed by atoms with Crippen LogP contribution in [0.15, 0.2) is 12.3 Å². The van der Waals surface area contributed by atoms with Crippen LogP contribution in [0, 0.1) is 11.3 Å². The lowest BCUT2D eigenvalue weighted by Gasteiger charge is -1.99. The Hall–Kier alpha value is -1.31. The highest BCUT2D eigenvalue weighted by Gasteiger charge is 2.09. The average Bonchev–Trinajstić information content (AvgIpc) is 2.61. The summed E-state index contributed by atoms with van der Waals surface area (Å²) in [6.45, 7) is 0. The lowest BCUT2D eigenvalue weighted by molar-refractivity contribution is 0.928. The first-order valence-electron chi connectivity index (χ1n) is 3.75. The summed E-state index contributed by atoms with van der Waals surface area (Å²) in [6, 6.07) is 3.60. The minimum atomic E-state index is 0.256. The van der Waals surface area contributed by atoms with Crippen LogP contribution in [0.2, 0.25) is 5.15 Å². The van der Waals surface area contributed by atoms with Gasteiger partial charge in [0, 0.05) is 0 Å². The summed E-state index contributed by atoms with van der Waals surface area (Å²) in [7, 11) is 0. The lowest BCUT2D eigenvalue weighted by Crippen LogP contribution is -1.96. The SMILES string of the molecule is N#Cc1cnn2c(Cl)cc(CCl)nc12. The van der Waals surface area contributed by atoms with Crippen molar-refractivity contribution >= 4 is 28.8 Å². The van der Waals surface area contributed by atoms with Crippen molar-refractivity contribution in [1.82, 2.24) is 14.6 Å². The van der Waals surface area contributed by atoms with Crippen molar-refractivity contribution in [3.63, 3.8) is 0 Å². The monoisotopic (exact) mass is 226 g/mol. The Labute approximate surface area is 89.7 Å². The quantitative estimate of drug-likeness (QED) is 0.552. The third-order valence-electron chi connectivity index (χ3n) is 1.74. The average molecular weight is 227 g/mol. The van der Waals surface area contributed by atoms with Gasteiger partial charge < -0.3 is 0 Å². The van der Waals surface area contributed by atoms with Crippen LogP contribution in [-0.2, 0) is 5.88 Å². The molecule has 2 heterocycles. The molecule has 6 heteroatoms. The smallest absolute Gasteiger partial charge is 0.174 e. The molecular weight excluding hydrogens is 223 g/mol. The highest BCUT2D eigenvalue weighted by molar-refractivity contribution is 6.29. The number of rotatable bonds is 1. The van der Waals surface area contributed by atoms with Crippen LogP contribution in [0.25, 0.3) is 5.65 Å². The summed E-state index contributed by atoms with van der Waals surface area (Å²) in [5, 5.41) is 13.1. The summed E-state index contributed by atoms with van der Waals surface area (Å²) in [4.78, 5) is 4.15.